The summed E-state index contributed by atoms with van der Waals surface area (Å²) in [5.74, 6) is 0.598. The number of oxazole rings is 1. The van der Waals surface area contributed by atoms with Gasteiger partial charge in [-0.1, -0.05) is 109 Å². The minimum atomic E-state index is 0.598. The number of nitrogens with zero attached hydrogens (tertiary/aromatic N) is 2. The quantitative estimate of drug-likeness (QED) is 0.172. The number of hydrogen-bond acceptors (Lipinski definition) is 5. The van der Waals surface area contributed by atoms with Crippen LogP contribution >= 0.6 is 11.3 Å². The van der Waals surface area contributed by atoms with Crippen molar-refractivity contribution in [3.05, 3.63) is 182 Å². The molecule has 0 radical (unpaired) electrons. The molecule has 0 N–H and O–H groups in total. The average Bonchev–Trinajstić information content (AvgIpc) is 3.95. The van der Waals surface area contributed by atoms with Crippen molar-refractivity contribution in [3.8, 4) is 33.7 Å². The Morgan fingerprint density at radius 3 is 1.98 bits per heavy atom. The molecule has 5 heteroatoms. The van der Waals surface area contributed by atoms with Gasteiger partial charge in [0.25, 0.3) is 0 Å². The van der Waals surface area contributed by atoms with E-state index in [-0.39, 0.29) is 0 Å². The van der Waals surface area contributed by atoms with Crippen LogP contribution in [0.25, 0.3) is 86.9 Å². The first-order chi connectivity index (χ1) is 26.7. The zero-order valence-electron chi connectivity index (χ0n) is 28.9. The molecule has 254 valence electrons. The highest BCUT2D eigenvalue weighted by atomic mass is 32.1. The predicted octanol–water partition coefficient (Wildman–Crippen LogP) is 14.6. The fourth-order valence-corrected chi connectivity index (χ4v) is 8.98. The lowest BCUT2D eigenvalue weighted by Gasteiger charge is -2.26. The molecule has 0 saturated carbocycles. The first-order valence-electron chi connectivity index (χ1n) is 18.0. The van der Waals surface area contributed by atoms with Crippen LogP contribution in [-0.2, 0) is 0 Å². The third-order valence-corrected chi connectivity index (χ3v) is 11.5. The minimum Gasteiger partial charge on any atom is -0.456 e. The molecule has 0 bridgehead atoms. The summed E-state index contributed by atoms with van der Waals surface area (Å²) in [5.41, 5.74) is 11.9. The second-order valence-electron chi connectivity index (χ2n) is 13.5. The Labute approximate surface area is 314 Å². The SMILES string of the molecule is c1ccc(-c2ccc(N(c3cccc(-c4cccc5c4sc4ccccc45)c3)c3ccc4c(c3)oc3ccc5nc(-c6ccccc6)oc5c34)cc2)cc1. The maximum atomic E-state index is 6.57. The molecular formula is C49H30N2O2S. The number of hydrogen-bond donors (Lipinski definition) is 0. The topological polar surface area (TPSA) is 42.4 Å². The van der Waals surface area contributed by atoms with Gasteiger partial charge in [-0.2, -0.15) is 0 Å². The summed E-state index contributed by atoms with van der Waals surface area (Å²) in [7, 11) is 0. The van der Waals surface area contributed by atoms with Gasteiger partial charge in [-0.15, -0.1) is 11.3 Å². The fraction of sp³-hybridized carbons (Fsp3) is 0. The Kier molecular flexibility index (Phi) is 7.00. The molecule has 4 nitrogen and oxygen atoms in total. The van der Waals surface area contributed by atoms with E-state index in [0.29, 0.717) is 5.89 Å². The summed E-state index contributed by atoms with van der Waals surface area (Å²) in [5, 5.41) is 4.51. The molecule has 11 rings (SSSR count). The van der Waals surface area contributed by atoms with E-state index in [4.69, 9.17) is 13.8 Å². The predicted molar refractivity (Wildman–Crippen MR) is 225 cm³/mol. The smallest absolute Gasteiger partial charge is 0.227 e. The molecule has 3 heterocycles. The van der Waals surface area contributed by atoms with Crippen LogP contribution in [0.5, 0.6) is 0 Å². The van der Waals surface area contributed by atoms with Gasteiger partial charge in [0.05, 0.1) is 5.39 Å². The zero-order chi connectivity index (χ0) is 35.6. The summed E-state index contributed by atoms with van der Waals surface area (Å²) >= 11 is 1.86. The largest absolute Gasteiger partial charge is 0.456 e. The van der Waals surface area contributed by atoms with E-state index in [1.165, 1.54) is 42.4 Å². The molecule has 0 amide bonds. The molecule has 0 aliphatic carbocycles. The highest BCUT2D eigenvalue weighted by Gasteiger charge is 2.20. The van der Waals surface area contributed by atoms with E-state index in [0.717, 1.165) is 55.7 Å². The van der Waals surface area contributed by atoms with Crippen molar-refractivity contribution >= 4 is 81.6 Å². The fourth-order valence-electron chi connectivity index (χ4n) is 7.75. The van der Waals surface area contributed by atoms with E-state index < -0.39 is 0 Å². The van der Waals surface area contributed by atoms with Crippen LogP contribution in [0.2, 0.25) is 0 Å². The van der Waals surface area contributed by atoms with Gasteiger partial charge < -0.3 is 13.7 Å². The molecule has 0 atom stereocenters. The zero-order valence-corrected chi connectivity index (χ0v) is 29.8. The van der Waals surface area contributed by atoms with Crippen LogP contribution in [0.3, 0.4) is 0 Å². The highest BCUT2D eigenvalue weighted by molar-refractivity contribution is 7.26. The Morgan fingerprint density at radius 2 is 1.13 bits per heavy atom. The lowest BCUT2D eigenvalue weighted by atomic mass is 10.0. The Morgan fingerprint density at radius 1 is 0.444 bits per heavy atom. The van der Waals surface area contributed by atoms with Crippen molar-refractivity contribution in [2.45, 2.75) is 0 Å². The minimum absolute atomic E-state index is 0.598. The van der Waals surface area contributed by atoms with Crippen molar-refractivity contribution in [3.63, 3.8) is 0 Å². The van der Waals surface area contributed by atoms with E-state index in [1.54, 1.807) is 0 Å². The van der Waals surface area contributed by atoms with Crippen molar-refractivity contribution in [1.29, 1.82) is 0 Å². The van der Waals surface area contributed by atoms with Crippen molar-refractivity contribution in [2.75, 3.05) is 4.90 Å². The van der Waals surface area contributed by atoms with Crippen LogP contribution in [0.4, 0.5) is 17.1 Å². The Bertz CT molecular complexity index is 3160. The summed E-state index contributed by atoms with van der Waals surface area (Å²) in [6.45, 7) is 0. The van der Waals surface area contributed by atoms with Crippen molar-refractivity contribution < 1.29 is 8.83 Å². The van der Waals surface area contributed by atoms with E-state index >= 15 is 0 Å². The monoisotopic (exact) mass is 710 g/mol. The molecule has 0 fully saturated rings. The first-order valence-corrected chi connectivity index (χ1v) is 18.8. The van der Waals surface area contributed by atoms with Crippen LogP contribution in [-0.4, -0.2) is 4.98 Å². The number of benzene rings is 8. The van der Waals surface area contributed by atoms with Gasteiger partial charge in [-0.3, -0.25) is 0 Å². The van der Waals surface area contributed by atoms with Gasteiger partial charge in [-0.25, -0.2) is 4.98 Å². The number of aromatic nitrogens is 1. The third-order valence-electron chi connectivity index (χ3n) is 10.3. The van der Waals surface area contributed by atoms with Crippen molar-refractivity contribution in [2.24, 2.45) is 0 Å². The second-order valence-corrected chi connectivity index (χ2v) is 14.6. The van der Waals surface area contributed by atoms with Crippen LogP contribution in [0.1, 0.15) is 0 Å². The number of thiophene rings is 1. The van der Waals surface area contributed by atoms with Crippen molar-refractivity contribution in [1.82, 2.24) is 4.98 Å². The van der Waals surface area contributed by atoms with Gasteiger partial charge in [-0.05, 0) is 89.0 Å². The second kappa shape index (κ2) is 12.3. The molecule has 3 aromatic heterocycles. The van der Waals surface area contributed by atoms with Gasteiger partial charge in [0.15, 0.2) is 5.58 Å². The third kappa shape index (κ3) is 5.01. The summed E-state index contributed by atoms with van der Waals surface area (Å²) < 4.78 is 15.6. The number of anilines is 3. The van der Waals surface area contributed by atoms with Gasteiger partial charge in [0.2, 0.25) is 5.89 Å². The highest BCUT2D eigenvalue weighted by Crippen LogP contribution is 2.44. The molecule has 0 aliphatic heterocycles. The molecule has 11 aromatic rings. The van der Waals surface area contributed by atoms with Gasteiger partial charge >= 0.3 is 0 Å². The first kappa shape index (κ1) is 30.7. The molecule has 0 saturated heterocycles. The van der Waals surface area contributed by atoms with Crippen LogP contribution < -0.4 is 4.90 Å². The van der Waals surface area contributed by atoms with Gasteiger partial charge in [0, 0.05) is 54.3 Å². The van der Waals surface area contributed by atoms with Crippen LogP contribution in [0, 0.1) is 0 Å². The lowest BCUT2D eigenvalue weighted by Crippen LogP contribution is -2.10. The summed E-state index contributed by atoms with van der Waals surface area (Å²) in [6, 6.07) is 63.9. The Balaban J connectivity index is 1.07. The standard InChI is InChI=1S/C49H30N2O2S/c1-3-11-31(12-4-1)32-21-23-35(24-22-32)51(36-16-9-15-34(29-36)38-18-10-19-40-39-17-7-8-20-45(39)54-48(38)40)37-25-26-41-44(30-37)52-43-28-27-42-47(46(41)43)53-49(50-42)33-13-5-2-6-14-33/h1-30H. The molecule has 0 unspecified atom stereocenters. The number of rotatable bonds is 6. The molecule has 8 aromatic carbocycles. The van der Waals surface area contributed by atoms with E-state index in [9.17, 15) is 0 Å². The molecule has 0 aliphatic rings. The number of furan rings is 1. The van der Waals surface area contributed by atoms with E-state index in [1.807, 2.05) is 53.8 Å². The number of fused-ring (bicyclic) bond motifs is 8. The normalized spacial score (nSPS) is 11.7. The van der Waals surface area contributed by atoms with Crippen LogP contribution in [0.15, 0.2) is 191 Å². The molecular weight excluding hydrogens is 681 g/mol. The summed E-state index contributed by atoms with van der Waals surface area (Å²) in [6.07, 6.45) is 0. The summed E-state index contributed by atoms with van der Waals surface area (Å²) in [4.78, 5) is 7.14. The van der Waals surface area contributed by atoms with Gasteiger partial charge in [0.1, 0.15) is 16.7 Å². The maximum absolute atomic E-state index is 6.57. The Hall–Kier alpha value is -6.95. The lowest BCUT2D eigenvalue weighted by molar-refractivity contribution is 0.622. The maximum Gasteiger partial charge on any atom is 0.227 e. The van der Waals surface area contributed by atoms with E-state index in [2.05, 4.69) is 144 Å². The molecule has 0 spiro atoms. The average molecular weight is 711 g/mol. The molecule has 54 heavy (non-hydrogen) atoms.